The monoisotopic (exact) mass is 336 g/mol. The molecule has 2 N–H and O–H groups in total. The molecule has 2 atom stereocenters. The van der Waals surface area contributed by atoms with Gasteiger partial charge in [-0.2, -0.15) is 0 Å². The fourth-order valence-electron chi connectivity index (χ4n) is 3.05. The lowest BCUT2D eigenvalue weighted by Crippen LogP contribution is -2.43. The van der Waals surface area contributed by atoms with Gasteiger partial charge in [0.2, 0.25) is 6.41 Å². The van der Waals surface area contributed by atoms with Crippen molar-refractivity contribution in [2.24, 2.45) is 0 Å². The number of carbonyl (C=O) groups is 1. The van der Waals surface area contributed by atoms with Crippen LogP contribution in [0.4, 0.5) is 0 Å². The number of hydrogen-bond acceptors (Lipinski definition) is 5. The Hall–Kier alpha value is -1.79. The molecule has 2 aliphatic rings. The Morgan fingerprint density at radius 1 is 1.21 bits per heavy atom. The second-order valence-electron chi connectivity index (χ2n) is 5.75. The SMILES string of the molecule is CC.O=CNC(CN1CCCC1)C(O)c1ccc2c(c1)OCCO2. The fourth-order valence-corrected chi connectivity index (χ4v) is 3.05. The molecule has 1 aromatic carbocycles. The zero-order valence-electron chi connectivity index (χ0n) is 14.5. The van der Waals surface area contributed by atoms with Gasteiger partial charge < -0.3 is 24.8 Å². The molecule has 6 nitrogen and oxygen atoms in total. The van der Waals surface area contributed by atoms with Crippen molar-refractivity contribution in [3.63, 3.8) is 0 Å². The zero-order valence-corrected chi connectivity index (χ0v) is 14.5. The molecule has 0 saturated carbocycles. The van der Waals surface area contributed by atoms with Gasteiger partial charge >= 0.3 is 0 Å². The predicted octanol–water partition coefficient (Wildman–Crippen LogP) is 1.73. The van der Waals surface area contributed by atoms with Gasteiger partial charge in [-0.25, -0.2) is 0 Å². The minimum absolute atomic E-state index is 0.335. The van der Waals surface area contributed by atoms with E-state index in [9.17, 15) is 9.90 Å². The van der Waals surface area contributed by atoms with Gasteiger partial charge in [0.05, 0.1) is 6.04 Å². The molecular weight excluding hydrogens is 308 g/mol. The number of aliphatic hydroxyl groups is 1. The lowest BCUT2D eigenvalue weighted by atomic mass is 10.0. The average molecular weight is 336 g/mol. The number of hydrogen-bond donors (Lipinski definition) is 2. The number of amides is 1. The summed E-state index contributed by atoms with van der Waals surface area (Å²) in [5.74, 6) is 1.34. The van der Waals surface area contributed by atoms with Gasteiger partial charge in [0.1, 0.15) is 19.3 Å². The molecule has 0 spiro atoms. The first-order chi connectivity index (χ1) is 11.8. The third kappa shape index (κ3) is 4.61. The van der Waals surface area contributed by atoms with Crippen LogP contribution in [0, 0.1) is 0 Å². The molecule has 24 heavy (non-hydrogen) atoms. The molecule has 2 unspecified atom stereocenters. The lowest BCUT2D eigenvalue weighted by Gasteiger charge is -2.28. The summed E-state index contributed by atoms with van der Waals surface area (Å²) < 4.78 is 11.0. The van der Waals surface area contributed by atoms with Crippen LogP contribution in [0.2, 0.25) is 0 Å². The van der Waals surface area contributed by atoms with Crippen LogP contribution in [-0.4, -0.2) is 55.3 Å². The summed E-state index contributed by atoms with van der Waals surface area (Å²) in [6.45, 7) is 7.74. The van der Waals surface area contributed by atoms with E-state index in [-0.39, 0.29) is 6.04 Å². The van der Waals surface area contributed by atoms with E-state index in [1.807, 2.05) is 19.9 Å². The second kappa shape index (κ2) is 9.49. The highest BCUT2D eigenvalue weighted by Gasteiger charge is 2.26. The van der Waals surface area contributed by atoms with Crippen LogP contribution >= 0.6 is 0 Å². The van der Waals surface area contributed by atoms with Crippen LogP contribution in [0.5, 0.6) is 11.5 Å². The number of benzene rings is 1. The summed E-state index contributed by atoms with van der Waals surface area (Å²) >= 11 is 0. The smallest absolute Gasteiger partial charge is 0.207 e. The molecule has 0 aromatic heterocycles. The maximum atomic E-state index is 10.9. The zero-order chi connectivity index (χ0) is 17.4. The third-order valence-corrected chi connectivity index (χ3v) is 4.22. The van der Waals surface area contributed by atoms with Gasteiger partial charge in [-0.1, -0.05) is 19.9 Å². The van der Waals surface area contributed by atoms with Crippen LogP contribution in [0.1, 0.15) is 38.4 Å². The van der Waals surface area contributed by atoms with Gasteiger partial charge in [0.25, 0.3) is 0 Å². The van der Waals surface area contributed by atoms with E-state index in [4.69, 9.17) is 9.47 Å². The highest BCUT2D eigenvalue weighted by atomic mass is 16.6. The van der Waals surface area contributed by atoms with E-state index in [1.165, 1.54) is 12.8 Å². The third-order valence-electron chi connectivity index (χ3n) is 4.22. The summed E-state index contributed by atoms with van der Waals surface area (Å²) in [5, 5.41) is 13.4. The van der Waals surface area contributed by atoms with E-state index in [0.717, 1.165) is 18.7 Å². The number of nitrogens with one attached hydrogen (secondary N) is 1. The summed E-state index contributed by atoms with van der Waals surface area (Å²) in [7, 11) is 0. The molecule has 1 amide bonds. The maximum Gasteiger partial charge on any atom is 0.207 e. The van der Waals surface area contributed by atoms with Crippen molar-refractivity contribution in [1.82, 2.24) is 10.2 Å². The van der Waals surface area contributed by atoms with Gasteiger partial charge in [0, 0.05) is 6.54 Å². The van der Waals surface area contributed by atoms with Crippen LogP contribution in [0.3, 0.4) is 0 Å². The molecule has 2 aliphatic heterocycles. The van der Waals surface area contributed by atoms with Crippen molar-refractivity contribution in [2.75, 3.05) is 32.8 Å². The second-order valence-corrected chi connectivity index (χ2v) is 5.75. The van der Waals surface area contributed by atoms with Gasteiger partial charge in [0.15, 0.2) is 11.5 Å². The molecule has 3 rings (SSSR count). The van der Waals surface area contributed by atoms with Gasteiger partial charge in [-0.15, -0.1) is 0 Å². The van der Waals surface area contributed by atoms with Crippen molar-refractivity contribution in [1.29, 1.82) is 0 Å². The van der Waals surface area contributed by atoms with Crippen LogP contribution in [0.25, 0.3) is 0 Å². The molecule has 2 heterocycles. The predicted molar refractivity (Wildman–Crippen MR) is 92.4 cm³/mol. The standard InChI is InChI=1S/C16H22N2O4.C2H6/c19-11-17-13(10-18-5-1-2-6-18)16(20)12-3-4-14-15(9-12)22-8-7-21-14;1-2/h3-4,9,11,13,16,20H,1-2,5-8,10H2,(H,17,19);1-2H3. The summed E-state index contributed by atoms with van der Waals surface area (Å²) in [6.07, 6.45) is 2.23. The summed E-state index contributed by atoms with van der Waals surface area (Å²) in [5.41, 5.74) is 0.725. The van der Waals surface area contributed by atoms with Crippen molar-refractivity contribution in [2.45, 2.75) is 38.8 Å². The summed E-state index contributed by atoms with van der Waals surface area (Å²) in [6, 6.07) is 5.09. The topological polar surface area (TPSA) is 71.0 Å². The van der Waals surface area contributed by atoms with Gasteiger partial charge in [-0.05, 0) is 43.6 Å². The Kier molecular flexibility index (Phi) is 7.34. The number of aliphatic hydroxyl groups excluding tert-OH is 1. The van der Waals surface area contributed by atoms with E-state index < -0.39 is 6.10 Å². The summed E-state index contributed by atoms with van der Waals surface area (Å²) in [4.78, 5) is 13.1. The minimum atomic E-state index is -0.776. The van der Waals surface area contributed by atoms with Gasteiger partial charge in [-0.3, -0.25) is 4.79 Å². The Labute approximate surface area is 143 Å². The Balaban J connectivity index is 0.00000100. The van der Waals surface area contributed by atoms with Crippen LogP contribution in [-0.2, 0) is 4.79 Å². The van der Waals surface area contributed by atoms with E-state index >= 15 is 0 Å². The maximum absolute atomic E-state index is 10.9. The molecule has 6 heteroatoms. The number of likely N-dealkylation sites (tertiary alicyclic amines) is 1. The largest absolute Gasteiger partial charge is 0.486 e. The van der Waals surface area contributed by atoms with E-state index in [0.29, 0.717) is 37.7 Å². The Morgan fingerprint density at radius 2 is 1.88 bits per heavy atom. The van der Waals surface area contributed by atoms with Crippen LogP contribution < -0.4 is 14.8 Å². The van der Waals surface area contributed by atoms with Crippen molar-refractivity contribution in [3.8, 4) is 11.5 Å². The fraction of sp³-hybridized carbons (Fsp3) is 0.611. The first-order valence-electron chi connectivity index (χ1n) is 8.77. The van der Waals surface area contributed by atoms with Crippen molar-refractivity contribution in [3.05, 3.63) is 23.8 Å². The molecule has 1 saturated heterocycles. The van der Waals surface area contributed by atoms with E-state index in [1.54, 1.807) is 12.1 Å². The number of nitrogens with zero attached hydrogens (tertiary/aromatic N) is 1. The molecular formula is C18H28N2O4. The number of carbonyl (C=O) groups excluding carboxylic acids is 1. The quantitative estimate of drug-likeness (QED) is 0.774. The first kappa shape index (κ1) is 18.5. The highest BCUT2D eigenvalue weighted by molar-refractivity contribution is 5.48. The van der Waals surface area contributed by atoms with Crippen LogP contribution in [0.15, 0.2) is 18.2 Å². The van der Waals surface area contributed by atoms with Crippen molar-refractivity contribution < 1.29 is 19.4 Å². The number of rotatable bonds is 6. The average Bonchev–Trinajstić information content (AvgIpc) is 3.15. The Bertz CT molecular complexity index is 518. The molecule has 0 bridgehead atoms. The molecule has 134 valence electrons. The minimum Gasteiger partial charge on any atom is -0.486 e. The first-order valence-corrected chi connectivity index (χ1v) is 8.77. The van der Waals surface area contributed by atoms with E-state index in [2.05, 4.69) is 10.2 Å². The highest BCUT2D eigenvalue weighted by Crippen LogP contribution is 2.33. The molecule has 0 aliphatic carbocycles. The normalized spacial score (nSPS) is 19.0. The molecule has 0 radical (unpaired) electrons. The Morgan fingerprint density at radius 3 is 2.54 bits per heavy atom. The lowest BCUT2D eigenvalue weighted by molar-refractivity contribution is -0.111. The number of fused-ring (bicyclic) bond motifs is 1. The van der Waals surface area contributed by atoms with Crippen molar-refractivity contribution >= 4 is 6.41 Å². The molecule has 1 aromatic rings. The number of ether oxygens (including phenoxy) is 2. The molecule has 1 fully saturated rings.